The largest absolute Gasteiger partial charge is 0.350 e. The zero-order valence-corrected chi connectivity index (χ0v) is 14.7. The Morgan fingerprint density at radius 1 is 1.23 bits per heavy atom. The summed E-state index contributed by atoms with van der Waals surface area (Å²) in [6, 6.07) is 11.3. The first-order valence-electron chi connectivity index (χ1n) is 9.14. The maximum Gasteiger partial charge on any atom is 0.245 e. The number of carbonyl (C=O) groups is 3. The number of rotatable bonds is 6. The average Bonchev–Trinajstić information content (AvgIpc) is 3.30. The molecule has 1 saturated carbocycles. The van der Waals surface area contributed by atoms with Gasteiger partial charge in [0.2, 0.25) is 11.8 Å². The second-order valence-corrected chi connectivity index (χ2v) is 7.05. The summed E-state index contributed by atoms with van der Waals surface area (Å²) in [5.74, 6) is -2.98. The molecule has 0 radical (unpaired) electrons. The van der Waals surface area contributed by atoms with Crippen molar-refractivity contribution in [2.75, 3.05) is 6.54 Å². The first-order valence-corrected chi connectivity index (χ1v) is 9.14. The Morgan fingerprint density at radius 2 is 1.92 bits per heavy atom. The van der Waals surface area contributed by atoms with E-state index in [1.54, 1.807) is 4.90 Å². The van der Waals surface area contributed by atoms with Crippen LogP contribution in [0.15, 0.2) is 30.3 Å². The number of benzene rings is 1. The van der Waals surface area contributed by atoms with E-state index in [-0.39, 0.29) is 24.9 Å². The molecule has 0 spiro atoms. The molecule has 26 heavy (non-hydrogen) atoms. The molecule has 1 aliphatic carbocycles. The van der Waals surface area contributed by atoms with Crippen LogP contribution >= 0.6 is 0 Å². The number of carbonyl (C=O) groups excluding carboxylic acids is 3. The number of Topliss-reactive ketones (excluding diaryl/α,β-unsaturated/α-hetero) is 1. The topological polar surface area (TPSA) is 90.3 Å². The van der Waals surface area contributed by atoms with Crippen LogP contribution in [-0.2, 0) is 20.9 Å². The van der Waals surface area contributed by atoms with Crippen LogP contribution in [0.3, 0.4) is 0 Å². The van der Waals surface area contributed by atoms with Crippen LogP contribution in [0.1, 0.15) is 37.7 Å². The third-order valence-corrected chi connectivity index (χ3v) is 5.31. The van der Waals surface area contributed by atoms with E-state index < -0.39 is 23.5 Å². The molecule has 3 rings (SSSR count). The van der Waals surface area contributed by atoms with Gasteiger partial charge in [-0.15, -0.1) is 0 Å². The molecule has 1 heterocycles. The first kappa shape index (κ1) is 18.1. The summed E-state index contributed by atoms with van der Waals surface area (Å²) in [5.41, 5.74) is 0.897. The van der Waals surface area contributed by atoms with E-state index in [1.807, 2.05) is 36.4 Å². The second-order valence-electron chi connectivity index (χ2n) is 7.05. The lowest BCUT2D eigenvalue weighted by molar-refractivity contribution is -0.134. The molecule has 0 aromatic heterocycles. The lowest BCUT2D eigenvalue weighted by atomic mass is 9.92. The zero-order valence-electron chi connectivity index (χ0n) is 14.7. The van der Waals surface area contributed by atoms with E-state index in [0.717, 1.165) is 31.2 Å². The number of nitrogens with zero attached hydrogens (tertiary/aromatic N) is 2. The van der Waals surface area contributed by atoms with Crippen molar-refractivity contribution in [3.8, 4) is 6.07 Å². The van der Waals surface area contributed by atoms with Crippen molar-refractivity contribution in [1.82, 2.24) is 10.2 Å². The van der Waals surface area contributed by atoms with Crippen molar-refractivity contribution in [2.45, 2.75) is 44.7 Å². The number of nitriles is 1. The maximum atomic E-state index is 12.7. The first-order chi connectivity index (χ1) is 12.6. The van der Waals surface area contributed by atoms with Gasteiger partial charge in [0.15, 0.2) is 11.7 Å². The Labute approximate surface area is 153 Å². The predicted molar refractivity (Wildman–Crippen MR) is 94.5 cm³/mol. The molecule has 1 saturated heterocycles. The van der Waals surface area contributed by atoms with E-state index in [9.17, 15) is 19.6 Å². The lowest BCUT2D eigenvalue weighted by Gasteiger charge is -2.24. The minimum absolute atomic E-state index is 0.0309. The predicted octanol–water partition coefficient (Wildman–Crippen LogP) is 1.80. The molecule has 2 atom stereocenters. The molecule has 2 aliphatic rings. The number of nitrogens with one attached hydrogen (secondary N) is 1. The molecule has 136 valence electrons. The Kier molecular flexibility index (Phi) is 5.67. The van der Waals surface area contributed by atoms with Gasteiger partial charge in [-0.3, -0.25) is 14.4 Å². The van der Waals surface area contributed by atoms with E-state index in [1.165, 1.54) is 0 Å². The smallest absolute Gasteiger partial charge is 0.245 e. The van der Waals surface area contributed by atoms with Crippen molar-refractivity contribution < 1.29 is 14.4 Å². The van der Waals surface area contributed by atoms with Crippen LogP contribution < -0.4 is 5.32 Å². The molecule has 1 aromatic carbocycles. The maximum absolute atomic E-state index is 12.7. The third-order valence-electron chi connectivity index (χ3n) is 5.31. The summed E-state index contributed by atoms with van der Waals surface area (Å²) < 4.78 is 0. The third kappa shape index (κ3) is 3.93. The molecule has 6 heteroatoms. The van der Waals surface area contributed by atoms with Gasteiger partial charge in [-0.25, -0.2) is 0 Å². The molecule has 0 bridgehead atoms. The monoisotopic (exact) mass is 353 g/mol. The fourth-order valence-corrected chi connectivity index (χ4v) is 3.87. The van der Waals surface area contributed by atoms with Crippen LogP contribution in [-0.4, -0.2) is 35.1 Å². The van der Waals surface area contributed by atoms with Crippen LogP contribution in [0.4, 0.5) is 0 Å². The number of hydrogen-bond donors (Lipinski definition) is 1. The average molecular weight is 353 g/mol. The minimum Gasteiger partial charge on any atom is -0.350 e. The van der Waals surface area contributed by atoms with Gasteiger partial charge >= 0.3 is 0 Å². The summed E-state index contributed by atoms with van der Waals surface area (Å²) in [6.45, 7) is 0.607. The van der Waals surface area contributed by atoms with Gasteiger partial charge in [0, 0.05) is 31.5 Å². The summed E-state index contributed by atoms with van der Waals surface area (Å²) in [4.78, 5) is 39.0. The van der Waals surface area contributed by atoms with E-state index in [0.29, 0.717) is 6.54 Å². The molecule has 2 amide bonds. The van der Waals surface area contributed by atoms with Gasteiger partial charge in [-0.1, -0.05) is 43.2 Å². The Balaban J connectivity index is 1.59. The quantitative estimate of drug-likeness (QED) is 0.790. The lowest BCUT2D eigenvalue weighted by Crippen LogP contribution is -2.39. The van der Waals surface area contributed by atoms with E-state index in [4.69, 9.17) is 0 Å². The van der Waals surface area contributed by atoms with Crippen molar-refractivity contribution >= 4 is 17.6 Å². The van der Waals surface area contributed by atoms with Gasteiger partial charge in [-0.05, 0) is 18.4 Å². The highest BCUT2D eigenvalue weighted by Gasteiger charge is 2.42. The van der Waals surface area contributed by atoms with Crippen molar-refractivity contribution in [1.29, 1.82) is 5.26 Å². The summed E-state index contributed by atoms with van der Waals surface area (Å²) in [7, 11) is 0. The molecule has 6 nitrogen and oxygen atoms in total. The standard InChI is InChI=1S/C20H23N3O3/c21-11-17(20(26)22-12-14-6-2-1-3-7-14)19(25)15-10-18(24)23(13-15)16-8-4-5-9-16/h1-3,6-7,15-17H,4-5,8-10,12-13H2,(H,22,26)/t15-,17+/m1/s1. The number of ketones is 1. The van der Waals surface area contributed by atoms with Crippen LogP contribution in [0.2, 0.25) is 0 Å². The highest BCUT2D eigenvalue weighted by atomic mass is 16.2. The summed E-state index contributed by atoms with van der Waals surface area (Å²) in [5, 5.41) is 12.0. The van der Waals surface area contributed by atoms with Gasteiger partial charge in [0.1, 0.15) is 0 Å². The summed E-state index contributed by atoms with van der Waals surface area (Å²) >= 11 is 0. The van der Waals surface area contributed by atoms with E-state index >= 15 is 0 Å². The Morgan fingerprint density at radius 3 is 2.58 bits per heavy atom. The van der Waals surface area contributed by atoms with E-state index in [2.05, 4.69) is 5.32 Å². The highest BCUT2D eigenvalue weighted by molar-refractivity contribution is 6.06. The molecule has 1 aromatic rings. The number of hydrogen-bond acceptors (Lipinski definition) is 4. The highest BCUT2D eigenvalue weighted by Crippen LogP contribution is 2.30. The zero-order chi connectivity index (χ0) is 18.5. The molecule has 1 N–H and O–H groups in total. The van der Waals surface area contributed by atoms with Crippen LogP contribution in [0.5, 0.6) is 0 Å². The molecular formula is C20H23N3O3. The second kappa shape index (κ2) is 8.13. The van der Waals surface area contributed by atoms with Crippen LogP contribution in [0, 0.1) is 23.2 Å². The summed E-state index contributed by atoms with van der Waals surface area (Å²) in [6.07, 6.45) is 4.28. The fraction of sp³-hybridized carbons (Fsp3) is 0.500. The van der Waals surface area contributed by atoms with Gasteiger partial charge in [0.05, 0.1) is 6.07 Å². The molecule has 1 aliphatic heterocycles. The van der Waals surface area contributed by atoms with Gasteiger partial charge in [0.25, 0.3) is 0 Å². The minimum atomic E-state index is -1.36. The molecule has 0 unspecified atom stereocenters. The molecular weight excluding hydrogens is 330 g/mol. The Hall–Kier alpha value is -2.68. The molecule has 2 fully saturated rings. The number of likely N-dealkylation sites (tertiary alicyclic amines) is 1. The van der Waals surface area contributed by atoms with Crippen molar-refractivity contribution in [3.63, 3.8) is 0 Å². The fourth-order valence-electron chi connectivity index (χ4n) is 3.87. The number of amides is 2. The SMILES string of the molecule is N#C[C@H](C(=O)NCc1ccccc1)C(=O)[C@@H]1CC(=O)N(C2CCCC2)C1. The van der Waals surface area contributed by atoms with Gasteiger partial charge in [-0.2, -0.15) is 5.26 Å². The van der Waals surface area contributed by atoms with Crippen LogP contribution in [0.25, 0.3) is 0 Å². The van der Waals surface area contributed by atoms with Crippen molar-refractivity contribution in [2.24, 2.45) is 11.8 Å². The van der Waals surface area contributed by atoms with Crippen molar-refractivity contribution in [3.05, 3.63) is 35.9 Å². The Bertz CT molecular complexity index is 720. The van der Waals surface area contributed by atoms with Gasteiger partial charge < -0.3 is 10.2 Å². The normalized spacial score (nSPS) is 21.4.